The van der Waals surface area contributed by atoms with Gasteiger partial charge in [-0.3, -0.25) is 29.6 Å². The number of fused-ring (bicyclic) bond motifs is 3. The Kier molecular flexibility index (Phi) is 20.4. The molecule has 0 radical (unpaired) electrons. The van der Waals surface area contributed by atoms with Gasteiger partial charge < -0.3 is 39.0 Å². The highest BCUT2D eigenvalue weighted by Crippen LogP contribution is 2.37. The summed E-state index contributed by atoms with van der Waals surface area (Å²) < 4.78 is 61.7. The highest BCUT2D eigenvalue weighted by atomic mass is 35.5. The molecule has 10 aromatic rings. The van der Waals surface area contributed by atoms with Gasteiger partial charge in [-0.1, -0.05) is 71.2 Å². The third kappa shape index (κ3) is 15.1. The molecule has 3 aliphatic heterocycles. The topological polar surface area (TPSA) is 202 Å². The number of aryl methyl sites for hydroxylation is 1. The fourth-order valence-corrected chi connectivity index (χ4v) is 11.8. The first-order chi connectivity index (χ1) is 43.6. The normalized spacial score (nSPS) is 15.1. The quantitative estimate of drug-likeness (QED) is 0.0557. The van der Waals surface area contributed by atoms with E-state index >= 15 is 0 Å². The highest BCUT2D eigenvalue weighted by Gasteiger charge is 2.33. The number of halogens is 6. The van der Waals surface area contributed by atoms with Gasteiger partial charge in [0.2, 0.25) is 0 Å². The summed E-state index contributed by atoms with van der Waals surface area (Å²) in [7, 11) is 0. The van der Waals surface area contributed by atoms with Crippen LogP contribution in [0, 0.1) is 17.0 Å². The zero-order valence-corrected chi connectivity index (χ0v) is 51.5. The molecule has 25 heteroatoms. The first-order valence-corrected chi connectivity index (χ1v) is 30.6. The molecule has 7 heterocycles. The Labute approximate surface area is 531 Å². The van der Waals surface area contributed by atoms with Gasteiger partial charge in [-0.25, -0.2) is 19.9 Å². The molecule has 0 unspecified atom stereocenters. The van der Waals surface area contributed by atoms with Gasteiger partial charge in [-0.05, 0) is 97.9 Å². The first-order valence-electron chi connectivity index (χ1n) is 29.5. The van der Waals surface area contributed by atoms with Crippen molar-refractivity contribution in [2.75, 3.05) is 110 Å². The number of imidazole rings is 3. The van der Waals surface area contributed by atoms with Crippen LogP contribution < -0.4 is 11.1 Å². The number of nitrogen functional groups attached to an aromatic ring is 1. The number of alkyl halides is 3. The largest absolute Gasteiger partial charge is 0.433 e. The molecule has 3 saturated heterocycles. The van der Waals surface area contributed by atoms with Gasteiger partial charge in [0, 0.05) is 119 Å². The minimum Gasteiger partial charge on any atom is -0.399 e. The monoisotopic (exact) mass is 1290 g/mol. The van der Waals surface area contributed by atoms with E-state index < -0.39 is 22.7 Å². The Morgan fingerprint density at radius 2 is 0.944 bits per heavy atom. The Balaban J connectivity index is 0.000000143. The lowest BCUT2D eigenvalue weighted by Crippen LogP contribution is -2.38. The average molecular weight is 1290 g/mol. The lowest BCUT2D eigenvalue weighted by Gasteiger charge is -2.27. The van der Waals surface area contributed by atoms with Gasteiger partial charge in [0.15, 0.2) is 0 Å². The number of nitro groups is 1. The van der Waals surface area contributed by atoms with E-state index in [1.54, 1.807) is 24.3 Å². The van der Waals surface area contributed by atoms with Gasteiger partial charge in [-0.2, -0.15) is 13.2 Å². The number of nitrogens with two attached hydrogens (primary N) is 1. The van der Waals surface area contributed by atoms with E-state index in [4.69, 9.17) is 69.7 Å². The number of non-ortho nitro benzene ring substituents is 1. The maximum atomic E-state index is 13.0. The van der Waals surface area contributed by atoms with Crippen LogP contribution in [0.15, 0.2) is 140 Å². The first kappa shape index (κ1) is 63.5. The van der Waals surface area contributed by atoms with Gasteiger partial charge in [0.05, 0.1) is 104 Å². The smallest absolute Gasteiger partial charge is 0.399 e. The average Bonchev–Trinajstić information content (AvgIpc) is 2.02. The van der Waals surface area contributed by atoms with Crippen molar-refractivity contribution in [2.45, 2.75) is 32.7 Å². The van der Waals surface area contributed by atoms with Crippen LogP contribution in [0.25, 0.3) is 67.3 Å². The summed E-state index contributed by atoms with van der Waals surface area (Å²) >= 11 is 19.4. The van der Waals surface area contributed by atoms with Crippen LogP contribution in [0.3, 0.4) is 0 Å². The molecule has 0 bridgehead atoms. The lowest BCUT2D eigenvalue weighted by molar-refractivity contribution is -0.384. The molecule has 13 rings (SSSR count). The van der Waals surface area contributed by atoms with E-state index in [0.29, 0.717) is 69.0 Å². The van der Waals surface area contributed by atoms with Crippen molar-refractivity contribution in [1.82, 2.24) is 48.3 Å². The fraction of sp³-hybridized carbons (Fsp3) is 0.308. The second-order valence-electron chi connectivity index (χ2n) is 21.7. The molecule has 3 fully saturated rings. The Hall–Kier alpha value is -8.03. The molecule has 4 aromatic heterocycles. The Bertz CT molecular complexity index is 4180. The minimum atomic E-state index is -4.59. The number of rotatable bonds is 15. The molecule has 468 valence electrons. The number of nitro benzene ring substituents is 1. The second-order valence-corrected chi connectivity index (χ2v) is 22.9. The molecule has 1 amide bonds. The summed E-state index contributed by atoms with van der Waals surface area (Å²) in [6, 6.07) is 40.8. The maximum Gasteiger partial charge on any atom is 0.433 e. The predicted octanol–water partition coefficient (Wildman–Crippen LogP) is 12.5. The number of amides is 1. The number of nitrogens with zero attached hydrogens (tertiary/aromatic N) is 11. The zero-order chi connectivity index (χ0) is 62.9. The molecule has 0 spiro atoms. The van der Waals surface area contributed by atoms with Gasteiger partial charge >= 0.3 is 6.18 Å². The SMILES string of the molecule is Cc1nc(C(F)(F)F)ccc1C(=O)Nc1ccc(Cl)c(-c2nc3ccccc3n2CCN2CCOCC2)c1.Nc1ccc(Cl)c(-c2nc3ccccc3n2CCN2CCOCC2)c1.O=[N+]([O-])c1ccc(Cl)c(-c2nc3ccccc3n2CCN2CCOCC2)c1. The van der Waals surface area contributed by atoms with Crippen molar-refractivity contribution in [1.29, 1.82) is 0 Å². The number of pyridine rings is 1. The van der Waals surface area contributed by atoms with Gasteiger partial charge in [0.1, 0.15) is 23.2 Å². The number of nitrogens with one attached hydrogen (secondary N) is 1. The predicted molar refractivity (Wildman–Crippen MR) is 345 cm³/mol. The van der Waals surface area contributed by atoms with Crippen molar-refractivity contribution in [3.05, 3.63) is 182 Å². The summed E-state index contributed by atoms with van der Waals surface area (Å²) in [5.74, 6) is 1.61. The number of morpholine rings is 3. The molecular weight excluding hydrogens is 1220 g/mol. The van der Waals surface area contributed by atoms with Crippen LogP contribution in [0.4, 0.5) is 30.2 Å². The maximum absolute atomic E-state index is 13.0. The summed E-state index contributed by atoms with van der Waals surface area (Å²) in [6.45, 7) is 16.2. The molecule has 90 heavy (non-hydrogen) atoms. The van der Waals surface area contributed by atoms with Crippen molar-refractivity contribution in [2.24, 2.45) is 0 Å². The molecule has 0 atom stereocenters. The summed E-state index contributed by atoms with van der Waals surface area (Å²) in [6.07, 6.45) is -4.59. The Morgan fingerprint density at radius 1 is 0.544 bits per heavy atom. The molecule has 19 nitrogen and oxygen atoms in total. The zero-order valence-electron chi connectivity index (χ0n) is 49.2. The van der Waals surface area contributed by atoms with E-state index in [-0.39, 0.29) is 16.9 Å². The molecule has 3 N–H and O–H groups in total. The number of carbonyl (C=O) groups is 1. The number of hydrogen-bond acceptors (Lipinski definition) is 14. The minimum absolute atomic E-state index is 0.00110. The van der Waals surface area contributed by atoms with Crippen molar-refractivity contribution < 1.29 is 37.1 Å². The van der Waals surface area contributed by atoms with Crippen molar-refractivity contribution in [3.8, 4) is 34.2 Å². The van der Waals surface area contributed by atoms with E-state index in [2.05, 4.69) is 44.8 Å². The summed E-state index contributed by atoms with van der Waals surface area (Å²) in [5, 5.41) is 15.5. The lowest BCUT2D eigenvalue weighted by atomic mass is 10.1. The van der Waals surface area contributed by atoms with Crippen LogP contribution in [0.1, 0.15) is 21.7 Å². The number of aromatic nitrogens is 7. The molecule has 0 saturated carbocycles. The number of benzene rings is 6. The van der Waals surface area contributed by atoms with Crippen LogP contribution >= 0.6 is 34.8 Å². The standard InChI is InChI=1S/C27H25ClF3N5O2.C19H19ClN4O3.C19H21ClN4O/c1-17-19(7-9-24(32-17)27(29,30)31)26(37)33-18-6-8-21(28)20(16-18)25-34-22-4-2-3-5-23(22)36(25)11-10-35-12-14-38-15-13-35;20-16-6-5-14(24(25)26)13-15(16)19-21-17-3-1-2-4-18(17)23(19)8-7-22-9-11-27-12-10-22;20-16-6-5-14(21)13-15(16)19-22-17-3-1-2-4-18(17)24(19)8-7-23-9-11-25-12-10-23/h2-9,16H,10-15H2,1H3,(H,33,37);1-6,13H,7-12H2;1-6,13H,7-12,21H2. The van der Waals surface area contributed by atoms with Crippen molar-refractivity contribution >= 4 is 90.9 Å². The highest BCUT2D eigenvalue weighted by molar-refractivity contribution is 6.34. The van der Waals surface area contributed by atoms with E-state index in [1.165, 1.54) is 19.1 Å². The van der Waals surface area contributed by atoms with E-state index in [0.717, 1.165) is 155 Å². The fourth-order valence-electron chi connectivity index (χ4n) is 11.2. The number of anilines is 2. The summed E-state index contributed by atoms with van der Waals surface area (Å²) in [4.78, 5) is 48.7. The van der Waals surface area contributed by atoms with Crippen LogP contribution in [-0.4, -0.2) is 158 Å². The van der Waals surface area contributed by atoms with Crippen LogP contribution in [0.2, 0.25) is 15.1 Å². The van der Waals surface area contributed by atoms with E-state index in [9.17, 15) is 28.1 Å². The second kappa shape index (κ2) is 28.9. The third-order valence-corrected chi connectivity index (χ3v) is 16.9. The molecule has 0 aliphatic carbocycles. The van der Waals surface area contributed by atoms with Gasteiger partial charge in [0.25, 0.3) is 11.6 Å². The number of carbonyl (C=O) groups excluding carboxylic acids is 1. The number of para-hydroxylation sites is 6. The summed E-state index contributed by atoms with van der Waals surface area (Å²) in [5.41, 5.74) is 13.9. The van der Waals surface area contributed by atoms with Crippen LogP contribution in [0.5, 0.6) is 0 Å². The van der Waals surface area contributed by atoms with E-state index in [1.807, 2.05) is 84.9 Å². The number of hydrogen-bond donors (Lipinski definition) is 2. The van der Waals surface area contributed by atoms with Crippen molar-refractivity contribution in [3.63, 3.8) is 0 Å². The molecule has 6 aromatic carbocycles. The third-order valence-electron chi connectivity index (χ3n) is 15.9. The van der Waals surface area contributed by atoms with Gasteiger partial charge in [-0.15, -0.1) is 0 Å². The Morgan fingerprint density at radius 3 is 1.37 bits per heavy atom. The van der Waals surface area contributed by atoms with Crippen LogP contribution in [-0.2, 0) is 40.0 Å². The molecule has 3 aliphatic rings. The number of ether oxygens (including phenoxy) is 3. The molecular formula is C65H65Cl3F3N13O6.